The Morgan fingerprint density at radius 3 is 2.43 bits per heavy atom. The van der Waals surface area contributed by atoms with Gasteiger partial charge in [0.2, 0.25) is 5.91 Å². The average Bonchev–Trinajstić information content (AvgIpc) is 2.94. The summed E-state index contributed by atoms with van der Waals surface area (Å²) in [6.45, 7) is 0.361. The van der Waals surface area contributed by atoms with E-state index in [4.69, 9.17) is 0 Å². The second-order valence-electron chi connectivity index (χ2n) is 7.88. The zero-order valence-electron chi connectivity index (χ0n) is 16.5. The number of hydrogen-bond acceptors (Lipinski definition) is 3. The number of carbonyl (C=O) groups excluding carboxylic acids is 3. The first-order valence-corrected chi connectivity index (χ1v) is 10.6. The summed E-state index contributed by atoms with van der Waals surface area (Å²) < 4.78 is 0. The predicted octanol–water partition coefficient (Wildman–Crippen LogP) is 3.16. The van der Waals surface area contributed by atoms with Crippen molar-refractivity contribution in [1.29, 1.82) is 0 Å². The summed E-state index contributed by atoms with van der Waals surface area (Å²) >= 11 is 0. The lowest BCUT2D eigenvalue weighted by Crippen LogP contribution is -2.37. The monoisotopic (exact) mass is 385 g/mol. The molecule has 1 unspecified atom stereocenters. The molecule has 6 nitrogen and oxygen atoms in total. The highest BCUT2D eigenvalue weighted by Gasteiger charge is 2.37. The summed E-state index contributed by atoms with van der Waals surface area (Å²) in [5.41, 5.74) is 1.09. The van der Waals surface area contributed by atoms with Crippen molar-refractivity contribution in [2.24, 2.45) is 0 Å². The maximum atomic E-state index is 12.5. The number of nitrogens with one attached hydrogen (secondary N) is 2. The van der Waals surface area contributed by atoms with E-state index in [1.165, 1.54) is 37.0 Å². The predicted molar refractivity (Wildman–Crippen MR) is 108 cm³/mol. The van der Waals surface area contributed by atoms with Crippen LogP contribution in [0.3, 0.4) is 0 Å². The molecule has 0 spiro atoms. The Labute approximate surface area is 167 Å². The second-order valence-corrected chi connectivity index (χ2v) is 7.88. The molecule has 1 aliphatic carbocycles. The normalized spacial score (nSPS) is 21.1. The molecule has 2 aliphatic rings. The Morgan fingerprint density at radius 1 is 1.04 bits per heavy atom. The largest absolute Gasteiger partial charge is 0.353 e. The van der Waals surface area contributed by atoms with Crippen molar-refractivity contribution in [3.8, 4) is 0 Å². The van der Waals surface area contributed by atoms with E-state index >= 15 is 0 Å². The Balaban J connectivity index is 1.42. The van der Waals surface area contributed by atoms with E-state index in [2.05, 4.69) is 10.6 Å². The Morgan fingerprint density at radius 2 is 1.71 bits per heavy atom. The van der Waals surface area contributed by atoms with Gasteiger partial charge in [-0.05, 0) is 31.2 Å². The van der Waals surface area contributed by atoms with E-state index in [-0.39, 0.29) is 30.3 Å². The molecule has 4 amide bonds. The number of hydrogen-bond donors (Lipinski definition) is 2. The minimum Gasteiger partial charge on any atom is -0.353 e. The van der Waals surface area contributed by atoms with Gasteiger partial charge in [-0.1, -0.05) is 62.4 Å². The van der Waals surface area contributed by atoms with Crippen LogP contribution in [0, 0.1) is 0 Å². The summed E-state index contributed by atoms with van der Waals surface area (Å²) in [6.07, 6.45) is 9.44. The number of rotatable bonds is 7. The van der Waals surface area contributed by atoms with E-state index in [0.717, 1.165) is 18.4 Å². The molecule has 1 aromatic rings. The van der Waals surface area contributed by atoms with Gasteiger partial charge in [-0.25, -0.2) is 4.79 Å². The van der Waals surface area contributed by atoms with Gasteiger partial charge in [0, 0.05) is 19.0 Å². The van der Waals surface area contributed by atoms with Crippen molar-refractivity contribution in [3.05, 3.63) is 35.9 Å². The molecule has 1 saturated heterocycles. The van der Waals surface area contributed by atoms with Crippen molar-refractivity contribution in [2.75, 3.05) is 6.54 Å². The van der Waals surface area contributed by atoms with E-state index in [9.17, 15) is 14.4 Å². The summed E-state index contributed by atoms with van der Waals surface area (Å²) in [4.78, 5) is 38.2. The lowest BCUT2D eigenvalue weighted by atomic mass is 9.96. The summed E-state index contributed by atoms with van der Waals surface area (Å²) in [7, 11) is 0. The van der Waals surface area contributed by atoms with Crippen LogP contribution >= 0.6 is 0 Å². The third kappa shape index (κ3) is 5.81. The van der Waals surface area contributed by atoms with Gasteiger partial charge in [-0.2, -0.15) is 0 Å². The molecule has 3 rings (SSSR count). The van der Waals surface area contributed by atoms with Crippen molar-refractivity contribution in [3.63, 3.8) is 0 Å². The van der Waals surface area contributed by atoms with Gasteiger partial charge in [0.25, 0.3) is 5.91 Å². The molecule has 6 heteroatoms. The first kappa shape index (κ1) is 20.4. The number of nitrogens with zero attached hydrogens (tertiary/aromatic N) is 1. The molecule has 1 heterocycles. The molecule has 1 aromatic carbocycles. The van der Waals surface area contributed by atoms with E-state index < -0.39 is 6.04 Å². The topological polar surface area (TPSA) is 78.5 Å². The van der Waals surface area contributed by atoms with Gasteiger partial charge >= 0.3 is 6.03 Å². The maximum absolute atomic E-state index is 12.5. The second kappa shape index (κ2) is 10.2. The molecule has 0 radical (unpaired) electrons. The van der Waals surface area contributed by atoms with E-state index in [1.807, 2.05) is 30.3 Å². The Hall–Kier alpha value is -2.37. The standard InChI is InChI=1S/C22H31N3O3/c26-20(23-18-11-7-2-1-3-8-12-18)14-13-19-21(27)25(22(28)24-19)16-15-17-9-5-4-6-10-17/h4-6,9-10,18-19H,1-3,7-8,11-16H2,(H,23,26)(H,24,28). The Bertz CT molecular complexity index is 669. The van der Waals surface area contributed by atoms with Crippen molar-refractivity contribution in [2.45, 2.75) is 76.3 Å². The first-order chi connectivity index (χ1) is 13.6. The highest BCUT2D eigenvalue weighted by atomic mass is 16.2. The zero-order valence-corrected chi connectivity index (χ0v) is 16.5. The number of carbonyl (C=O) groups is 3. The van der Waals surface area contributed by atoms with Crippen molar-refractivity contribution in [1.82, 2.24) is 15.5 Å². The van der Waals surface area contributed by atoms with Gasteiger partial charge in [-0.3, -0.25) is 14.5 Å². The van der Waals surface area contributed by atoms with Crippen LogP contribution < -0.4 is 10.6 Å². The molecule has 2 fully saturated rings. The van der Waals surface area contributed by atoms with Crippen LogP contribution in [0.1, 0.15) is 63.4 Å². The molecule has 2 N–H and O–H groups in total. The quantitative estimate of drug-likeness (QED) is 0.708. The third-order valence-electron chi connectivity index (χ3n) is 5.70. The number of urea groups is 1. The van der Waals surface area contributed by atoms with Gasteiger partial charge in [0.05, 0.1) is 0 Å². The van der Waals surface area contributed by atoms with Crippen LogP contribution in [0.15, 0.2) is 30.3 Å². The summed E-state index contributed by atoms with van der Waals surface area (Å²) in [5.74, 6) is -0.241. The number of imide groups is 1. The maximum Gasteiger partial charge on any atom is 0.324 e. The molecule has 1 aliphatic heterocycles. The van der Waals surface area contributed by atoms with Crippen LogP contribution in [0.25, 0.3) is 0 Å². The zero-order chi connectivity index (χ0) is 19.8. The van der Waals surface area contributed by atoms with Crippen molar-refractivity contribution >= 4 is 17.8 Å². The highest BCUT2D eigenvalue weighted by Crippen LogP contribution is 2.18. The molecule has 1 atom stereocenters. The fourth-order valence-electron chi connectivity index (χ4n) is 4.05. The lowest BCUT2D eigenvalue weighted by molar-refractivity contribution is -0.127. The minimum absolute atomic E-state index is 0.0182. The smallest absolute Gasteiger partial charge is 0.324 e. The van der Waals surface area contributed by atoms with E-state index in [0.29, 0.717) is 19.4 Å². The van der Waals surface area contributed by atoms with Crippen LogP contribution in [-0.2, 0) is 16.0 Å². The summed E-state index contributed by atoms with van der Waals surface area (Å²) in [5, 5.41) is 5.84. The lowest BCUT2D eigenvalue weighted by Gasteiger charge is -2.21. The van der Waals surface area contributed by atoms with Crippen LogP contribution in [0.5, 0.6) is 0 Å². The number of benzene rings is 1. The summed E-state index contributed by atoms with van der Waals surface area (Å²) in [6, 6.07) is 9.10. The van der Waals surface area contributed by atoms with Gasteiger partial charge < -0.3 is 10.6 Å². The molecule has 1 saturated carbocycles. The molecule has 0 aromatic heterocycles. The molecular formula is C22H31N3O3. The third-order valence-corrected chi connectivity index (χ3v) is 5.70. The van der Waals surface area contributed by atoms with Crippen molar-refractivity contribution < 1.29 is 14.4 Å². The first-order valence-electron chi connectivity index (χ1n) is 10.6. The fourth-order valence-corrected chi connectivity index (χ4v) is 4.05. The molecule has 0 bridgehead atoms. The minimum atomic E-state index is -0.591. The van der Waals surface area contributed by atoms with Crippen LogP contribution in [-0.4, -0.2) is 41.4 Å². The van der Waals surface area contributed by atoms with Gasteiger partial charge in [-0.15, -0.1) is 0 Å². The van der Waals surface area contributed by atoms with E-state index in [1.54, 1.807) is 0 Å². The van der Waals surface area contributed by atoms with Gasteiger partial charge in [0.1, 0.15) is 6.04 Å². The highest BCUT2D eigenvalue weighted by molar-refractivity contribution is 6.04. The van der Waals surface area contributed by atoms with Gasteiger partial charge in [0.15, 0.2) is 0 Å². The Kier molecular flexibility index (Phi) is 7.46. The molecule has 152 valence electrons. The average molecular weight is 386 g/mol. The van der Waals surface area contributed by atoms with Crippen LogP contribution in [0.2, 0.25) is 0 Å². The SMILES string of the molecule is O=C(CCC1NC(=O)N(CCc2ccccc2)C1=O)NC1CCCCCCC1. The molecular weight excluding hydrogens is 354 g/mol. The fraction of sp³-hybridized carbons (Fsp3) is 0.591. The van der Waals surface area contributed by atoms with Crippen LogP contribution in [0.4, 0.5) is 4.79 Å². The number of amides is 4. The molecule has 28 heavy (non-hydrogen) atoms.